The third kappa shape index (κ3) is 10100. The molecule has 0 heterocycles. The second kappa shape index (κ2) is 14.1. The van der Waals surface area contributed by atoms with Gasteiger partial charge in [0.05, 0.1) is 0 Å². The van der Waals surface area contributed by atoms with Crippen molar-refractivity contribution in [1.29, 1.82) is 0 Å². The summed E-state index contributed by atoms with van der Waals surface area (Å²) >= 11 is 0. The monoisotopic (exact) mass is 409 g/mol. The molecule has 0 aliphatic rings. The fourth-order valence-electron chi connectivity index (χ4n) is 0. The maximum atomic E-state index is 8.52. The molecule has 2 radical (unpaired) electrons. The van der Waals surface area contributed by atoms with E-state index in [0.29, 0.717) is 0 Å². The molecule has 0 aromatic heterocycles. The Morgan fingerprint density at radius 1 is 0.444 bits per heavy atom. The molecule has 0 aromatic carbocycles. The van der Waals surface area contributed by atoms with Crippen molar-refractivity contribution in [3.8, 4) is 0 Å². The third-order valence-corrected chi connectivity index (χ3v) is 0. The Bertz CT molecular complexity index is 346. The van der Waals surface area contributed by atoms with Crippen molar-refractivity contribution < 1.29 is 87.3 Å². The topological polar surface area (TPSA) is 276 Å². The Morgan fingerprint density at radius 3 is 0.444 bits per heavy atom. The van der Waals surface area contributed by atoms with Gasteiger partial charge in [-0.1, -0.05) is 0 Å². The van der Waals surface area contributed by atoms with Gasteiger partial charge >= 0.3 is 34.7 Å². The van der Waals surface area contributed by atoms with Crippen molar-refractivity contribution in [2.75, 3.05) is 0 Å². The maximum absolute atomic E-state index is 8.52. The molecular weight excluding hydrogens is 406 g/mol. The van der Waals surface area contributed by atoms with Gasteiger partial charge < -0.3 is 33.5 Å². The average molecular weight is 409 g/mol. The van der Waals surface area contributed by atoms with E-state index in [0.717, 1.165) is 0 Å². The van der Waals surface area contributed by atoms with Crippen LogP contribution in [0.15, 0.2) is 0 Å². The van der Waals surface area contributed by atoms with Crippen LogP contribution in [0.2, 0.25) is 0 Å². The molecule has 0 aliphatic heterocycles. The van der Waals surface area contributed by atoms with Crippen molar-refractivity contribution in [3.63, 3.8) is 0 Å². The molecule has 0 bridgehead atoms. The molecule has 18 heavy (non-hydrogen) atoms. The molecule has 18 heteroatoms. The first-order valence-corrected chi connectivity index (χ1v) is 6.00. The van der Waals surface area contributed by atoms with Crippen LogP contribution in [0.3, 0.4) is 0 Å². The van der Waals surface area contributed by atoms with Gasteiger partial charge in [-0.25, -0.2) is 0 Å². The van der Waals surface area contributed by atoms with Gasteiger partial charge in [0.15, 0.2) is 0 Å². The minimum Gasteiger partial charge on any atom is -0.759 e. The number of hydrogen-bond acceptors (Lipinski definition) is 13. The zero-order chi connectivity index (χ0) is 13.5. The Morgan fingerprint density at radius 2 is 0.444 bits per heavy atom. The predicted octanol–water partition coefficient (Wildman–Crippen LogP) is -3.86. The van der Waals surface area contributed by atoms with E-state index >= 15 is 0 Å². The van der Waals surface area contributed by atoms with E-state index in [1.54, 1.807) is 0 Å². The van der Waals surface area contributed by atoms with Gasteiger partial charge in [-0.05, 0) is 0 Å². The summed E-state index contributed by atoms with van der Waals surface area (Å²) in [6.45, 7) is 0. The first kappa shape index (κ1) is 36.3. The summed E-state index contributed by atoms with van der Waals surface area (Å²) < 4.78 is 102. The second-order valence-corrected chi connectivity index (χ2v) is 3.67. The first-order valence-electron chi connectivity index (χ1n) is 2.00. The third-order valence-electron chi connectivity index (χ3n) is 0. The Hall–Kier alpha value is 0.635. The fraction of sp³-hybridized carbons (Fsp3) is 0. The zero-order valence-electron chi connectivity index (χ0n) is 7.65. The molecule has 13 nitrogen and oxygen atoms in total. The van der Waals surface area contributed by atoms with Crippen LogP contribution in [0.25, 0.3) is 0 Å². The quantitative estimate of drug-likeness (QED) is 0.296. The molecule has 0 spiro atoms. The molecule has 0 aromatic rings. The predicted molar refractivity (Wildman–Crippen MR) is 36.4 cm³/mol. The Kier molecular flexibility index (Phi) is 28.3. The van der Waals surface area contributed by atoms with E-state index in [2.05, 4.69) is 0 Å². The number of rotatable bonds is 0. The van der Waals surface area contributed by atoms with Crippen molar-refractivity contribution in [1.82, 2.24) is 6.15 Å². The van der Waals surface area contributed by atoms with Gasteiger partial charge in [-0.3, -0.25) is 25.3 Å². The molecule has 0 amide bonds. The summed E-state index contributed by atoms with van der Waals surface area (Å²) in [5.41, 5.74) is 0. The molecular formula is H3Cr2NO12S3. The van der Waals surface area contributed by atoms with Crippen LogP contribution < -0.4 is 6.15 Å². The minimum atomic E-state index is -5.17. The molecule has 3 N–H and O–H groups in total. The Balaban J connectivity index is -0.0000000277. The van der Waals surface area contributed by atoms with Gasteiger partial charge in [0.25, 0.3) is 0 Å². The number of hydrogen-bond donors (Lipinski definition) is 1. The van der Waals surface area contributed by atoms with E-state index in [1.165, 1.54) is 0 Å². The summed E-state index contributed by atoms with van der Waals surface area (Å²) in [6, 6.07) is 0. The molecule has 110 valence electrons. The average Bonchev–Trinajstić information content (AvgIpc) is 1.41. The maximum Gasteiger partial charge on any atom is 3.00 e. The van der Waals surface area contributed by atoms with E-state index in [9.17, 15) is 0 Å². The van der Waals surface area contributed by atoms with Crippen LogP contribution in [-0.4, -0.2) is 52.6 Å². The normalized spacial score (nSPS) is 9.67. The summed E-state index contributed by atoms with van der Waals surface area (Å²) in [7, 11) is -15.5. The largest absolute Gasteiger partial charge is 3.00 e. The van der Waals surface area contributed by atoms with Gasteiger partial charge in [0.1, 0.15) is 0 Å². The summed E-state index contributed by atoms with van der Waals surface area (Å²) in [6.07, 6.45) is 0. The molecule has 0 rings (SSSR count). The summed E-state index contributed by atoms with van der Waals surface area (Å²) in [4.78, 5) is 0. The second-order valence-electron chi connectivity index (χ2n) is 1.22. The molecule has 0 saturated carbocycles. The Labute approximate surface area is 124 Å². The summed E-state index contributed by atoms with van der Waals surface area (Å²) in [5.74, 6) is 0. The fourth-order valence-corrected chi connectivity index (χ4v) is 0. The van der Waals surface area contributed by atoms with Crippen LogP contribution >= 0.6 is 0 Å². The molecule has 0 unspecified atom stereocenters. The van der Waals surface area contributed by atoms with E-state index in [1.807, 2.05) is 0 Å². The van der Waals surface area contributed by atoms with E-state index in [-0.39, 0.29) is 40.9 Å². The van der Waals surface area contributed by atoms with Gasteiger partial charge in [0.2, 0.25) is 0 Å². The summed E-state index contributed by atoms with van der Waals surface area (Å²) in [5, 5.41) is 0. The van der Waals surface area contributed by atoms with E-state index < -0.39 is 31.2 Å². The van der Waals surface area contributed by atoms with Crippen LogP contribution in [0.5, 0.6) is 0 Å². The first-order chi connectivity index (χ1) is 6.00. The van der Waals surface area contributed by atoms with Crippen molar-refractivity contribution >= 4 is 31.2 Å². The van der Waals surface area contributed by atoms with E-state index in [4.69, 9.17) is 52.6 Å². The molecule has 0 atom stereocenters. The van der Waals surface area contributed by atoms with Crippen LogP contribution in [0.1, 0.15) is 0 Å². The molecule has 0 saturated heterocycles. The standard InChI is InChI=1S/2Cr.H3N.3H2O4S/c;;;3*1-5(2,3)4/h;;1H3;3*(H2,1,2,3,4)/q2*+3;;;;/p-6. The zero-order valence-corrected chi connectivity index (χ0v) is 12.6. The minimum absolute atomic E-state index is 0. The van der Waals surface area contributed by atoms with Crippen molar-refractivity contribution in [3.05, 3.63) is 0 Å². The van der Waals surface area contributed by atoms with Gasteiger partial charge in [0, 0.05) is 31.2 Å². The molecule has 0 fully saturated rings. The van der Waals surface area contributed by atoms with Gasteiger partial charge in [-0.2, -0.15) is 0 Å². The van der Waals surface area contributed by atoms with Crippen molar-refractivity contribution in [2.24, 2.45) is 0 Å². The SMILES string of the molecule is N.O=S(=O)([O-])[O-].O=S(=O)([O-])[O-].O=S(=O)([O-])[O-].[Cr+3].[Cr+3]. The van der Waals surface area contributed by atoms with Crippen LogP contribution in [0, 0.1) is 0 Å². The van der Waals surface area contributed by atoms with Crippen molar-refractivity contribution in [2.45, 2.75) is 0 Å². The van der Waals surface area contributed by atoms with Crippen LogP contribution in [0.4, 0.5) is 0 Å². The molecule has 0 aliphatic carbocycles. The smallest absolute Gasteiger partial charge is 0.759 e. The van der Waals surface area contributed by atoms with Gasteiger partial charge in [-0.15, -0.1) is 0 Å². The van der Waals surface area contributed by atoms with Crippen LogP contribution in [-0.2, 0) is 65.9 Å².